The van der Waals surface area contributed by atoms with Gasteiger partial charge in [0.2, 0.25) is 5.95 Å². The van der Waals surface area contributed by atoms with E-state index in [-0.39, 0.29) is 0 Å². The standard InChI is InChI=1S/C16H22N4/c1-13(2)20-16-18-11-15(12-19-16)10-17-9-8-14-6-4-3-5-7-14/h3-7,11-13,17H,8-10H2,1-2H3,(H,18,19,20). The van der Waals surface area contributed by atoms with Gasteiger partial charge in [-0.15, -0.1) is 0 Å². The van der Waals surface area contributed by atoms with Crippen LogP contribution in [0.3, 0.4) is 0 Å². The SMILES string of the molecule is CC(C)Nc1ncc(CNCCc2ccccc2)cn1. The third-order valence-corrected chi connectivity index (χ3v) is 2.89. The maximum absolute atomic E-state index is 4.29. The van der Waals surface area contributed by atoms with Gasteiger partial charge in [-0.2, -0.15) is 0 Å². The summed E-state index contributed by atoms with van der Waals surface area (Å²) in [6.45, 7) is 5.90. The second kappa shape index (κ2) is 7.60. The van der Waals surface area contributed by atoms with E-state index in [9.17, 15) is 0 Å². The van der Waals surface area contributed by atoms with Gasteiger partial charge in [0.15, 0.2) is 0 Å². The molecule has 0 aliphatic carbocycles. The van der Waals surface area contributed by atoms with Gasteiger partial charge in [0, 0.05) is 30.5 Å². The maximum Gasteiger partial charge on any atom is 0.222 e. The molecule has 0 atom stereocenters. The molecule has 2 aromatic rings. The Morgan fingerprint density at radius 1 is 1.00 bits per heavy atom. The van der Waals surface area contributed by atoms with Crippen molar-refractivity contribution in [3.05, 3.63) is 53.9 Å². The van der Waals surface area contributed by atoms with E-state index < -0.39 is 0 Å². The quantitative estimate of drug-likeness (QED) is 0.759. The van der Waals surface area contributed by atoms with Crippen molar-refractivity contribution < 1.29 is 0 Å². The minimum absolute atomic E-state index is 0.352. The smallest absolute Gasteiger partial charge is 0.222 e. The van der Waals surface area contributed by atoms with Gasteiger partial charge in [-0.1, -0.05) is 30.3 Å². The summed E-state index contributed by atoms with van der Waals surface area (Å²) in [5.41, 5.74) is 2.46. The largest absolute Gasteiger partial charge is 0.352 e. The van der Waals surface area contributed by atoms with Crippen LogP contribution in [0, 0.1) is 0 Å². The monoisotopic (exact) mass is 270 g/mol. The first kappa shape index (κ1) is 14.5. The summed E-state index contributed by atoms with van der Waals surface area (Å²) in [6.07, 6.45) is 4.77. The number of rotatable bonds is 7. The fourth-order valence-corrected chi connectivity index (χ4v) is 1.89. The second-order valence-corrected chi connectivity index (χ2v) is 5.13. The van der Waals surface area contributed by atoms with Crippen LogP contribution < -0.4 is 10.6 Å². The van der Waals surface area contributed by atoms with Gasteiger partial charge < -0.3 is 10.6 Å². The van der Waals surface area contributed by atoms with Crippen LogP contribution >= 0.6 is 0 Å². The summed E-state index contributed by atoms with van der Waals surface area (Å²) in [5, 5.41) is 6.59. The minimum Gasteiger partial charge on any atom is -0.352 e. The van der Waals surface area contributed by atoms with Gasteiger partial charge in [-0.3, -0.25) is 0 Å². The van der Waals surface area contributed by atoms with Crippen LogP contribution in [0.2, 0.25) is 0 Å². The third-order valence-electron chi connectivity index (χ3n) is 2.89. The van der Waals surface area contributed by atoms with E-state index in [0.717, 1.165) is 25.1 Å². The zero-order chi connectivity index (χ0) is 14.2. The minimum atomic E-state index is 0.352. The highest BCUT2D eigenvalue weighted by molar-refractivity contribution is 5.25. The molecule has 0 aliphatic heterocycles. The normalized spacial score (nSPS) is 10.8. The van der Waals surface area contributed by atoms with E-state index in [1.54, 1.807) is 0 Å². The van der Waals surface area contributed by atoms with Crippen LogP contribution in [0.15, 0.2) is 42.7 Å². The summed E-state index contributed by atoms with van der Waals surface area (Å²) in [5.74, 6) is 0.688. The van der Waals surface area contributed by atoms with Crippen LogP contribution in [0.4, 0.5) is 5.95 Å². The van der Waals surface area contributed by atoms with E-state index in [1.165, 1.54) is 5.56 Å². The van der Waals surface area contributed by atoms with Crippen molar-refractivity contribution in [3.8, 4) is 0 Å². The van der Waals surface area contributed by atoms with Crippen molar-refractivity contribution in [2.24, 2.45) is 0 Å². The van der Waals surface area contributed by atoms with Crippen LogP contribution in [0.25, 0.3) is 0 Å². The second-order valence-electron chi connectivity index (χ2n) is 5.13. The third kappa shape index (κ3) is 4.97. The topological polar surface area (TPSA) is 49.8 Å². The fourth-order valence-electron chi connectivity index (χ4n) is 1.89. The number of hydrogen-bond acceptors (Lipinski definition) is 4. The Bertz CT molecular complexity index is 494. The summed E-state index contributed by atoms with van der Waals surface area (Å²) < 4.78 is 0. The Morgan fingerprint density at radius 2 is 1.70 bits per heavy atom. The number of anilines is 1. The molecule has 0 unspecified atom stereocenters. The highest BCUT2D eigenvalue weighted by Crippen LogP contribution is 2.02. The van der Waals surface area contributed by atoms with Crippen molar-refractivity contribution in [1.29, 1.82) is 0 Å². The fraction of sp³-hybridized carbons (Fsp3) is 0.375. The molecule has 106 valence electrons. The lowest BCUT2D eigenvalue weighted by atomic mass is 10.1. The summed E-state index contributed by atoms with van der Waals surface area (Å²) in [7, 11) is 0. The van der Waals surface area contributed by atoms with Crippen LogP contribution in [-0.2, 0) is 13.0 Å². The zero-order valence-electron chi connectivity index (χ0n) is 12.1. The van der Waals surface area contributed by atoms with Crippen molar-refractivity contribution in [3.63, 3.8) is 0 Å². The Kier molecular flexibility index (Phi) is 5.50. The van der Waals surface area contributed by atoms with Gasteiger partial charge in [0.05, 0.1) is 0 Å². The van der Waals surface area contributed by atoms with Gasteiger partial charge in [0.25, 0.3) is 0 Å². The number of hydrogen-bond donors (Lipinski definition) is 2. The van der Waals surface area contributed by atoms with Crippen molar-refractivity contribution >= 4 is 5.95 Å². The van der Waals surface area contributed by atoms with E-state index in [0.29, 0.717) is 12.0 Å². The molecule has 0 spiro atoms. The first-order valence-corrected chi connectivity index (χ1v) is 7.06. The van der Waals surface area contributed by atoms with Gasteiger partial charge in [-0.25, -0.2) is 9.97 Å². The number of aromatic nitrogens is 2. The number of nitrogens with zero attached hydrogens (tertiary/aromatic N) is 2. The molecular formula is C16H22N4. The molecule has 1 heterocycles. The van der Waals surface area contributed by atoms with Gasteiger partial charge in [0.1, 0.15) is 0 Å². The maximum atomic E-state index is 4.29. The molecule has 0 fully saturated rings. The molecule has 1 aromatic carbocycles. The Morgan fingerprint density at radius 3 is 2.35 bits per heavy atom. The lowest BCUT2D eigenvalue weighted by Crippen LogP contribution is -2.17. The Balaban J connectivity index is 1.71. The highest BCUT2D eigenvalue weighted by atomic mass is 15.1. The Labute approximate surface area is 120 Å². The molecule has 2 N–H and O–H groups in total. The summed E-state index contributed by atoms with van der Waals surface area (Å²) >= 11 is 0. The molecule has 0 bridgehead atoms. The molecule has 4 heteroatoms. The molecule has 0 saturated carbocycles. The zero-order valence-corrected chi connectivity index (χ0v) is 12.1. The number of nitrogens with one attached hydrogen (secondary N) is 2. The molecule has 0 amide bonds. The number of benzene rings is 1. The van der Waals surface area contributed by atoms with Gasteiger partial charge >= 0.3 is 0 Å². The van der Waals surface area contributed by atoms with Crippen LogP contribution in [-0.4, -0.2) is 22.6 Å². The Hall–Kier alpha value is -1.94. The molecule has 0 aliphatic rings. The van der Waals surface area contributed by atoms with Crippen LogP contribution in [0.5, 0.6) is 0 Å². The van der Waals surface area contributed by atoms with Crippen molar-refractivity contribution in [2.45, 2.75) is 32.9 Å². The van der Waals surface area contributed by atoms with E-state index >= 15 is 0 Å². The van der Waals surface area contributed by atoms with E-state index in [1.807, 2.05) is 18.5 Å². The first-order chi connectivity index (χ1) is 9.74. The predicted molar refractivity (Wildman–Crippen MR) is 82.6 cm³/mol. The highest BCUT2D eigenvalue weighted by Gasteiger charge is 1.99. The van der Waals surface area contributed by atoms with E-state index in [2.05, 4.69) is 58.7 Å². The van der Waals surface area contributed by atoms with Gasteiger partial charge in [-0.05, 0) is 32.4 Å². The summed E-state index contributed by atoms with van der Waals surface area (Å²) in [6, 6.07) is 10.8. The van der Waals surface area contributed by atoms with Crippen molar-refractivity contribution in [2.75, 3.05) is 11.9 Å². The molecule has 0 radical (unpaired) electrons. The first-order valence-electron chi connectivity index (χ1n) is 7.06. The average Bonchev–Trinajstić information content (AvgIpc) is 2.46. The molecule has 0 saturated heterocycles. The molecule has 2 rings (SSSR count). The molecular weight excluding hydrogens is 248 g/mol. The lowest BCUT2D eigenvalue weighted by Gasteiger charge is -2.08. The lowest BCUT2D eigenvalue weighted by molar-refractivity contribution is 0.683. The predicted octanol–water partition coefficient (Wildman–Crippen LogP) is 2.63. The van der Waals surface area contributed by atoms with Crippen molar-refractivity contribution in [1.82, 2.24) is 15.3 Å². The summed E-state index contributed by atoms with van der Waals surface area (Å²) in [4.78, 5) is 8.59. The molecule has 4 nitrogen and oxygen atoms in total. The average molecular weight is 270 g/mol. The van der Waals surface area contributed by atoms with E-state index in [4.69, 9.17) is 0 Å². The van der Waals surface area contributed by atoms with Crippen LogP contribution in [0.1, 0.15) is 25.0 Å². The molecule has 1 aromatic heterocycles. The molecule has 20 heavy (non-hydrogen) atoms.